The summed E-state index contributed by atoms with van der Waals surface area (Å²) in [5, 5.41) is 7.59. The van der Waals surface area contributed by atoms with Crippen molar-refractivity contribution in [2.24, 2.45) is 0 Å². The number of amides is 1. The molecule has 1 aromatic carbocycles. The molecule has 0 radical (unpaired) electrons. The molecule has 5 nitrogen and oxygen atoms in total. The third-order valence-electron chi connectivity index (χ3n) is 4.04. The zero-order valence-corrected chi connectivity index (χ0v) is 12.0. The molecule has 0 bridgehead atoms. The summed E-state index contributed by atoms with van der Waals surface area (Å²) < 4.78 is 0. The molecule has 3 rings (SSSR count). The van der Waals surface area contributed by atoms with Crippen molar-refractivity contribution in [2.45, 2.75) is 32.1 Å². The van der Waals surface area contributed by atoms with Crippen molar-refractivity contribution in [1.82, 2.24) is 15.1 Å². The minimum Gasteiger partial charge on any atom is -0.337 e. The molecule has 1 N–H and O–H groups in total. The highest BCUT2D eigenvalue weighted by Crippen LogP contribution is 2.17. The number of carbonyl (C=O) groups is 1. The Balaban J connectivity index is 1.97. The number of nitrogens with zero attached hydrogens (tertiary/aromatic N) is 2. The van der Waals surface area contributed by atoms with Crippen LogP contribution in [0.2, 0.25) is 0 Å². The van der Waals surface area contributed by atoms with Crippen LogP contribution in [0.1, 0.15) is 42.6 Å². The molecule has 0 unspecified atom stereocenters. The first-order valence-electron chi connectivity index (χ1n) is 7.54. The van der Waals surface area contributed by atoms with Crippen LogP contribution < -0.4 is 5.56 Å². The summed E-state index contributed by atoms with van der Waals surface area (Å²) in [5.74, 6) is -0.0793. The molecule has 5 heteroatoms. The minimum atomic E-state index is -0.255. The third kappa shape index (κ3) is 2.82. The van der Waals surface area contributed by atoms with Gasteiger partial charge in [0.2, 0.25) is 0 Å². The first kappa shape index (κ1) is 13.8. The van der Waals surface area contributed by atoms with Gasteiger partial charge in [-0.15, -0.1) is 0 Å². The lowest BCUT2D eigenvalue weighted by molar-refractivity contribution is 0.0737. The van der Waals surface area contributed by atoms with Gasteiger partial charge in [-0.25, -0.2) is 5.10 Å². The predicted molar refractivity (Wildman–Crippen MR) is 81.4 cm³/mol. The van der Waals surface area contributed by atoms with E-state index in [1.807, 2.05) is 11.0 Å². The van der Waals surface area contributed by atoms with Gasteiger partial charge in [0.15, 0.2) is 5.69 Å². The van der Waals surface area contributed by atoms with Crippen molar-refractivity contribution in [3.8, 4) is 0 Å². The maximum Gasteiger partial charge on any atom is 0.274 e. The Morgan fingerprint density at radius 1 is 1.00 bits per heavy atom. The number of rotatable bonds is 1. The SMILES string of the molecule is O=C(c1n[nH]c(=O)c2ccccc12)N1CCCCCCC1. The van der Waals surface area contributed by atoms with Crippen LogP contribution in [0, 0.1) is 0 Å². The van der Waals surface area contributed by atoms with Gasteiger partial charge in [0.1, 0.15) is 0 Å². The van der Waals surface area contributed by atoms with E-state index in [4.69, 9.17) is 0 Å². The summed E-state index contributed by atoms with van der Waals surface area (Å²) in [6.45, 7) is 1.54. The van der Waals surface area contributed by atoms with Crippen LogP contribution in [0.3, 0.4) is 0 Å². The molecule has 1 saturated heterocycles. The molecule has 2 aromatic rings. The number of aromatic nitrogens is 2. The highest BCUT2D eigenvalue weighted by Gasteiger charge is 2.20. The molecule has 1 amide bonds. The molecule has 110 valence electrons. The molecule has 0 aliphatic carbocycles. The Kier molecular flexibility index (Phi) is 3.99. The lowest BCUT2D eigenvalue weighted by Crippen LogP contribution is -2.35. The molecular weight excluding hydrogens is 266 g/mol. The Hall–Kier alpha value is -2.17. The second kappa shape index (κ2) is 6.08. The molecule has 1 aromatic heterocycles. The van der Waals surface area contributed by atoms with Gasteiger partial charge >= 0.3 is 0 Å². The molecule has 1 aliphatic rings. The predicted octanol–water partition coefficient (Wildman–Crippen LogP) is 2.33. The van der Waals surface area contributed by atoms with E-state index in [-0.39, 0.29) is 11.5 Å². The van der Waals surface area contributed by atoms with Crippen molar-refractivity contribution in [3.05, 3.63) is 40.3 Å². The van der Waals surface area contributed by atoms with E-state index in [0.29, 0.717) is 16.5 Å². The van der Waals surface area contributed by atoms with E-state index in [2.05, 4.69) is 10.2 Å². The molecule has 0 atom stereocenters. The second-order valence-corrected chi connectivity index (χ2v) is 5.51. The largest absolute Gasteiger partial charge is 0.337 e. The number of nitrogens with one attached hydrogen (secondary N) is 1. The number of benzene rings is 1. The second-order valence-electron chi connectivity index (χ2n) is 5.51. The van der Waals surface area contributed by atoms with Crippen LogP contribution in [-0.4, -0.2) is 34.1 Å². The normalized spacial score (nSPS) is 16.5. The topological polar surface area (TPSA) is 66.1 Å². The monoisotopic (exact) mass is 285 g/mol. The van der Waals surface area contributed by atoms with Crippen LogP contribution in [0.5, 0.6) is 0 Å². The molecule has 2 heterocycles. The highest BCUT2D eigenvalue weighted by molar-refractivity contribution is 6.04. The van der Waals surface area contributed by atoms with Gasteiger partial charge in [0, 0.05) is 18.5 Å². The van der Waals surface area contributed by atoms with Gasteiger partial charge < -0.3 is 4.90 Å². The van der Waals surface area contributed by atoms with Crippen molar-refractivity contribution in [1.29, 1.82) is 0 Å². The maximum atomic E-state index is 12.7. The summed E-state index contributed by atoms with van der Waals surface area (Å²) in [7, 11) is 0. The number of H-pyrrole nitrogens is 1. The lowest BCUT2D eigenvalue weighted by Gasteiger charge is -2.24. The average molecular weight is 285 g/mol. The Labute approximate surface area is 123 Å². The Bertz CT molecular complexity index is 700. The first-order chi connectivity index (χ1) is 10.3. The van der Waals surface area contributed by atoms with Crippen LogP contribution in [-0.2, 0) is 0 Å². The lowest BCUT2D eigenvalue weighted by atomic mass is 10.1. The molecule has 1 aliphatic heterocycles. The first-order valence-corrected chi connectivity index (χ1v) is 7.54. The van der Waals surface area contributed by atoms with Gasteiger partial charge in [0.05, 0.1) is 5.39 Å². The van der Waals surface area contributed by atoms with Crippen LogP contribution in [0.25, 0.3) is 10.8 Å². The van der Waals surface area contributed by atoms with Gasteiger partial charge in [-0.1, -0.05) is 37.5 Å². The summed E-state index contributed by atoms with van der Waals surface area (Å²) in [4.78, 5) is 26.4. The average Bonchev–Trinajstić information content (AvgIpc) is 2.47. The standard InChI is InChI=1S/C16H19N3O2/c20-15-13-9-5-4-8-12(13)14(17-18-15)16(21)19-10-6-2-1-3-7-11-19/h4-5,8-9H,1-3,6-7,10-11H2,(H,18,20). The van der Waals surface area contributed by atoms with Crippen molar-refractivity contribution in [3.63, 3.8) is 0 Å². The Morgan fingerprint density at radius 2 is 1.62 bits per heavy atom. The van der Waals surface area contributed by atoms with E-state index < -0.39 is 0 Å². The maximum absolute atomic E-state index is 12.7. The van der Waals surface area contributed by atoms with Gasteiger partial charge in [-0.2, -0.15) is 5.10 Å². The Morgan fingerprint density at radius 3 is 2.33 bits per heavy atom. The van der Waals surface area contributed by atoms with Crippen molar-refractivity contribution in [2.75, 3.05) is 13.1 Å². The summed E-state index contributed by atoms with van der Waals surface area (Å²) >= 11 is 0. The van der Waals surface area contributed by atoms with Gasteiger partial charge in [-0.3, -0.25) is 9.59 Å². The van der Waals surface area contributed by atoms with E-state index >= 15 is 0 Å². The number of hydrogen-bond donors (Lipinski definition) is 1. The van der Waals surface area contributed by atoms with E-state index in [1.165, 1.54) is 19.3 Å². The van der Waals surface area contributed by atoms with Gasteiger partial charge in [-0.05, 0) is 18.9 Å². The zero-order valence-electron chi connectivity index (χ0n) is 12.0. The molecule has 1 fully saturated rings. The molecule has 21 heavy (non-hydrogen) atoms. The number of hydrogen-bond acceptors (Lipinski definition) is 3. The number of carbonyl (C=O) groups excluding carboxylic acids is 1. The minimum absolute atomic E-state index is 0.0793. The highest BCUT2D eigenvalue weighted by atomic mass is 16.2. The van der Waals surface area contributed by atoms with Crippen molar-refractivity contribution < 1.29 is 4.79 Å². The third-order valence-corrected chi connectivity index (χ3v) is 4.04. The smallest absolute Gasteiger partial charge is 0.274 e. The molecular formula is C16H19N3O2. The van der Waals surface area contributed by atoms with Crippen molar-refractivity contribution >= 4 is 16.7 Å². The fraction of sp³-hybridized carbons (Fsp3) is 0.438. The number of aromatic amines is 1. The number of fused-ring (bicyclic) bond motifs is 1. The van der Waals surface area contributed by atoms with E-state index in [0.717, 1.165) is 25.9 Å². The molecule has 0 saturated carbocycles. The van der Waals surface area contributed by atoms with Crippen LogP contribution in [0.15, 0.2) is 29.1 Å². The summed E-state index contributed by atoms with van der Waals surface area (Å²) in [6.07, 6.45) is 5.66. The van der Waals surface area contributed by atoms with Gasteiger partial charge in [0.25, 0.3) is 11.5 Å². The quantitative estimate of drug-likeness (QED) is 0.874. The fourth-order valence-corrected chi connectivity index (χ4v) is 2.88. The van der Waals surface area contributed by atoms with Crippen LogP contribution in [0.4, 0.5) is 0 Å². The summed E-state index contributed by atoms with van der Waals surface area (Å²) in [5.41, 5.74) is 0.0978. The molecule has 0 spiro atoms. The van der Waals surface area contributed by atoms with Crippen LogP contribution >= 0.6 is 0 Å². The summed E-state index contributed by atoms with van der Waals surface area (Å²) in [6, 6.07) is 7.13. The zero-order chi connectivity index (χ0) is 14.7. The fourth-order valence-electron chi connectivity index (χ4n) is 2.88. The number of likely N-dealkylation sites (tertiary alicyclic amines) is 1. The van der Waals surface area contributed by atoms with E-state index in [9.17, 15) is 9.59 Å². The van der Waals surface area contributed by atoms with E-state index in [1.54, 1.807) is 18.2 Å².